The first-order chi connectivity index (χ1) is 6.50. The Morgan fingerprint density at radius 3 is 2.43 bits per heavy atom. The fourth-order valence-corrected chi connectivity index (χ4v) is 1.59. The molecular formula is C11H17ClN2. The standard InChI is InChI=1S/C11H17ClN2/c1-7(2)5-10-9(8(3)4)6-13-11(12)14-10/h6-8H,5H2,1-4H3. The Morgan fingerprint density at radius 2 is 1.93 bits per heavy atom. The second-order valence-corrected chi connectivity index (χ2v) is 4.63. The maximum Gasteiger partial charge on any atom is 0.222 e. The van der Waals surface area contributed by atoms with Crippen LogP contribution in [0.4, 0.5) is 0 Å². The second kappa shape index (κ2) is 4.74. The molecular weight excluding hydrogens is 196 g/mol. The van der Waals surface area contributed by atoms with E-state index in [1.165, 1.54) is 5.56 Å². The van der Waals surface area contributed by atoms with Gasteiger partial charge < -0.3 is 0 Å². The summed E-state index contributed by atoms with van der Waals surface area (Å²) in [6.45, 7) is 8.66. The summed E-state index contributed by atoms with van der Waals surface area (Å²) in [5.74, 6) is 1.06. The summed E-state index contributed by atoms with van der Waals surface area (Å²) in [5, 5.41) is 0.352. The number of halogens is 1. The lowest BCUT2D eigenvalue weighted by molar-refractivity contribution is 0.622. The van der Waals surface area contributed by atoms with Gasteiger partial charge in [0.2, 0.25) is 5.28 Å². The van der Waals surface area contributed by atoms with Gasteiger partial charge in [0.1, 0.15) is 0 Å². The highest BCUT2D eigenvalue weighted by Crippen LogP contribution is 2.20. The van der Waals surface area contributed by atoms with Crippen LogP contribution in [-0.2, 0) is 6.42 Å². The van der Waals surface area contributed by atoms with Gasteiger partial charge in [0.25, 0.3) is 0 Å². The van der Waals surface area contributed by atoms with E-state index in [0.29, 0.717) is 17.1 Å². The van der Waals surface area contributed by atoms with E-state index in [1.807, 2.05) is 6.20 Å². The lowest BCUT2D eigenvalue weighted by atomic mass is 9.98. The molecule has 1 rings (SSSR count). The molecule has 0 amide bonds. The van der Waals surface area contributed by atoms with E-state index < -0.39 is 0 Å². The molecule has 0 saturated heterocycles. The zero-order chi connectivity index (χ0) is 10.7. The van der Waals surface area contributed by atoms with E-state index in [4.69, 9.17) is 11.6 Å². The van der Waals surface area contributed by atoms with Crippen molar-refractivity contribution in [1.29, 1.82) is 0 Å². The molecule has 14 heavy (non-hydrogen) atoms. The summed E-state index contributed by atoms with van der Waals surface area (Å²) in [6.07, 6.45) is 2.81. The van der Waals surface area contributed by atoms with Crippen LogP contribution >= 0.6 is 11.6 Å². The Labute approximate surface area is 90.7 Å². The number of hydrogen-bond acceptors (Lipinski definition) is 2. The summed E-state index contributed by atoms with van der Waals surface area (Å²) in [4.78, 5) is 8.31. The summed E-state index contributed by atoms with van der Waals surface area (Å²) < 4.78 is 0. The number of nitrogens with zero attached hydrogens (tertiary/aromatic N) is 2. The van der Waals surface area contributed by atoms with Crippen LogP contribution in [-0.4, -0.2) is 9.97 Å². The van der Waals surface area contributed by atoms with Gasteiger partial charge in [-0.3, -0.25) is 0 Å². The highest BCUT2D eigenvalue weighted by atomic mass is 35.5. The molecule has 0 atom stereocenters. The topological polar surface area (TPSA) is 25.8 Å². The van der Waals surface area contributed by atoms with Gasteiger partial charge in [-0.05, 0) is 35.4 Å². The predicted octanol–water partition coefficient (Wildman–Crippen LogP) is 3.45. The molecule has 0 unspecified atom stereocenters. The number of aromatic nitrogens is 2. The minimum Gasteiger partial charge on any atom is -0.226 e. The van der Waals surface area contributed by atoms with Crippen molar-refractivity contribution < 1.29 is 0 Å². The molecule has 78 valence electrons. The van der Waals surface area contributed by atoms with Crippen molar-refractivity contribution in [2.75, 3.05) is 0 Å². The molecule has 0 bridgehead atoms. The van der Waals surface area contributed by atoms with Gasteiger partial charge in [-0.15, -0.1) is 0 Å². The van der Waals surface area contributed by atoms with Gasteiger partial charge in [-0.2, -0.15) is 0 Å². The van der Waals surface area contributed by atoms with Crippen molar-refractivity contribution in [2.24, 2.45) is 5.92 Å². The van der Waals surface area contributed by atoms with Gasteiger partial charge in [-0.25, -0.2) is 9.97 Å². The third kappa shape index (κ3) is 2.95. The van der Waals surface area contributed by atoms with Crippen molar-refractivity contribution in [3.05, 3.63) is 22.7 Å². The summed E-state index contributed by atoms with van der Waals surface area (Å²) in [6, 6.07) is 0. The van der Waals surface area contributed by atoms with Gasteiger partial charge in [0.15, 0.2) is 0 Å². The first kappa shape index (κ1) is 11.4. The molecule has 2 nitrogen and oxygen atoms in total. The van der Waals surface area contributed by atoms with Crippen LogP contribution in [0.3, 0.4) is 0 Å². The quantitative estimate of drug-likeness (QED) is 0.718. The highest BCUT2D eigenvalue weighted by molar-refractivity contribution is 6.28. The Kier molecular flexibility index (Phi) is 3.87. The molecule has 1 heterocycles. The monoisotopic (exact) mass is 212 g/mol. The van der Waals surface area contributed by atoms with E-state index >= 15 is 0 Å². The van der Waals surface area contributed by atoms with Crippen molar-refractivity contribution in [2.45, 2.75) is 40.0 Å². The fraction of sp³-hybridized carbons (Fsp3) is 0.636. The van der Waals surface area contributed by atoms with Gasteiger partial charge in [-0.1, -0.05) is 27.7 Å². The molecule has 0 saturated carbocycles. The third-order valence-corrected chi connectivity index (χ3v) is 2.28. The molecule has 0 fully saturated rings. The zero-order valence-corrected chi connectivity index (χ0v) is 9.97. The smallest absolute Gasteiger partial charge is 0.222 e. The molecule has 0 aliphatic heterocycles. The molecule has 0 aliphatic carbocycles. The molecule has 0 spiro atoms. The Hall–Kier alpha value is -0.630. The van der Waals surface area contributed by atoms with E-state index in [0.717, 1.165) is 12.1 Å². The Balaban J connectivity index is 3.03. The van der Waals surface area contributed by atoms with Crippen LogP contribution in [0, 0.1) is 5.92 Å². The molecule has 1 aromatic rings. The first-order valence-electron chi connectivity index (χ1n) is 5.02. The average molecular weight is 213 g/mol. The van der Waals surface area contributed by atoms with E-state index in [9.17, 15) is 0 Å². The van der Waals surface area contributed by atoms with Crippen molar-refractivity contribution in [3.63, 3.8) is 0 Å². The summed E-state index contributed by atoms with van der Waals surface area (Å²) in [7, 11) is 0. The first-order valence-corrected chi connectivity index (χ1v) is 5.39. The van der Waals surface area contributed by atoms with Crippen LogP contribution < -0.4 is 0 Å². The van der Waals surface area contributed by atoms with Gasteiger partial charge in [0.05, 0.1) is 0 Å². The number of hydrogen-bond donors (Lipinski definition) is 0. The largest absolute Gasteiger partial charge is 0.226 e. The lowest BCUT2D eigenvalue weighted by Gasteiger charge is -2.12. The molecule has 3 heteroatoms. The van der Waals surface area contributed by atoms with Crippen LogP contribution in [0.1, 0.15) is 44.9 Å². The predicted molar refractivity (Wildman–Crippen MR) is 59.7 cm³/mol. The van der Waals surface area contributed by atoms with Gasteiger partial charge >= 0.3 is 0 Å². The maximum absolute atomic E-state index is 5.78. The SMILES string of the molecule is CC(C)Cc1nc(Cl)ncc1C(C)C. The highest BCUT2D eigenvalue weighted by Gasteiger charge is 2.10. The molecule has 0 radical (unpaired) electrons. The minimum absolute atomic E-state index is 0.352. The molecule has 0 aromatic carbocycles. The van der Waals surface area contributed by atoms with Crippen LogP contribution in [0.5, 0.6) is 0 Å². The van der Waals surface area contributed by atoms with Crippen molar-refractivity contribution >= 4 is 11.6 Å². The molecule has 1 aromatic heterocycles. The van der Waals surface area contributed by atoms with Crippen LogP contribution in [0.15, 0.2) is 6.20 Å². The minimum atomic E-state index is 0.352. The number of rotatable bonds is 3. The van der Waals surface area contributed by atoms with Crippen LogP contribution in [0.2, 0.25) is 5.28 Å². The lowest BCUT2D eigenvalue weighted by Crippen LogP contribution is -2.05. The fourth-order valence-electron chi connectivity index (χ4n) is 1.43. The summed E-state index contributed by atoms with van der Waals surface area (Å²) >= 11 is 5.78. The second-order valence-electron chi connectivity index (χ2n) is 4.29. The maximum atomic E-state index is 5.78. The third-order valence-electron chi connectivity index (χ3n) is 2.09. The van der Waals surface area contributed by atoms with Crippen LogP contribution in [0.25, 0.3) is 0 Å². The Bertz CT molecular complexity index is 308. The zero-order valence-electron chi connectivity index (χ0n) is 9.21. The van der Waals surface area contributed by atoms with E-state index in [-0.39, 0.29) is 0 Å². The van der Waals surface area contributed by atoms with E-state index in [1.54, 1.807) is 0 Å². The Morgan fingerprint density at radius 1 is 1.29 bits per heavy atom. The van der Waals surface area contributed by atoms with Crippen molar-refractivity contribution in [3.8, 4) is 0 Å². The van der Waals surface area contributed by atoms with E-state index in [2.05, 4.69) is 37.7 Å². The van der Waals surface area contributed by atoms with Crippen molar-refractivity contribution in [1.82, 2.24) is 9.97 Å². The van der Waals surface area contributed by atoms with Gasteiger partial charge in [0, 0.05) is 11.9 Å². The molecule has 0 aliphatic rings. The average Bonchev–Trinajstić information content (AvgIpc) is 2.01. The molecule has 0 N–H and O–H groups in total. The summed E-state index contributed by atoms with van der Waals surface area (Å²) in [5.41, 5.74) is 2.30. The normalized spacial score (nSPS) is 11.4.